The Morgan fingerprint density at radius 2 is 1.96 bits per heavy atom. The van der Waals surface area contributed by atoms with E-state index in [1.54, 1.807) is 16.9 Å². The maximum atomic E-state index is 12.2. The molecule has 0 spiro atoms. The van der Waals surface area contributed by atoms with Gasteiger partial charge in [-0.05, 0) is 29.9 Å². The van der Waals surface area contributed by atoms with Crippen LogP contribution in [0.1, 0.15) is 29.4 Å². The van der Waals surface area contributed by atoms with Crippen molar-refractivity contribution in [3.8, 4) is 11.3 Å². The number of rotatable bonds is 3. The fraction of sp³-hybridized carbons (Fsp3) is 0.158. The van der Waals surface area contributed by atoms with Crippen LogP contribution in [-0.2, 0) is 0 Å². The molecule has 0 unspecified atom stereocenters. The second-order valence-electron chi connectivity index (χ2n) is 6.53. The van der Waals surface area contributed by atoms with Crippen LogP contribution in [0.25, 0.3) is 16.9 Å². The predicted octanol–water partition coefficient (Wildman–Crippen LogP) is 2.04. The molecular formula is C19H15N5O2. The molecule has 7 nitrogen and oxygen atoms in total. The minimum Gasteiger partial charge on any atom is -0.313 e. The van der Waals surface area contributed by atoms with Gasteiger partial charge in [-0.25, -0.2) is 14.3 Å². The molecule has 1 saturated carbocycles. The first-order valence-electron chi connectivity index (χ1n) is 8.42. The fourth-order valence-corrected chi connectivity index (χ4v) is 3.55. The first-order valence-corrected chi connectivity index (χ1v) is 8.42. The number of imidazole rings is 1. The standard InChI is InChI=1S/C19H15N5O2/c25-18-15(10-21-19(26)22-18)16-9-14(17-20-6-7-24(17)23-16)13-8-12(13)11-4-2-1-3-5-11/h1-7,9-10,12-13H,8H2,(H2,21,22,25,26)/t12-,13+/m0/s1. The summed E-state index contributed by atoms with van der Waals surface area (Å²) >= 11 is 0. The Morgan fingerprint density at radius 3 is 2.77 bits per heavy atom. The van der Waals surface area contributed by atoms with E-state index >= 15 is 0 Å². The van der Waals surface area contributed by atoms with Crippen LogP contribution in [0.2, 0.25) is 0 Å². The lowest BCUT2D eigenvalue weighted by Gasteiger charge is -2.07. The fourth-order valence-electron chi connectivity index (χ4n) is 3.55. The van der Waals surface area contributed by atoms with Crippen LogP contribution in [0.3, 0.4) is 0 Å². The monoisotopic (exact) mass is 345 g/mol. The highest BCUT2D eigenvalue weighted by atomic mass is 16.2. The molecule has 128 valence electrons. The quantitative estimate of drug-likeness (QED) is 0.594. The van der Waals surface area contributed by atoms with Crippen molar-refractivity contribution in [2.45, 2.75) is 18.3 Å². The minimum atomic E-state index is -0.533. The van der Waals surface area contributed by atoms with E-state index in [0.717, 1.165) is 17.6 Å². The van der Waals surface area contributed by atoms with Gasteiger partial charge in [0.1, 0.15) is 0 Å². The summed E-state index contributed by atoms with van der Waals surface area (Å²) in [6.45, 7) is 0. The van der Waals surface area contributed by atoms with Crippen LogP contribution >= 0.6 is 0 Å². The second-order valence-corrected chi connectivity index (χ2v) is 6.53. The zero-order valence-electron chi connectivity index (χ0n) is 13.7. The van der Waals surface area contributed by atoms with Gasteiger partial charge < -0.3 is 4.98 Å². The lowest BCUT2D eigenvalue weighted by atomic mass is 10.0. The highest BCUT2D eigenvalue weighted by molar-refractivity contribution is 5.63. The smallest absolute Gasteiger partial charge is 0.313 e. The normalized spacial score (nSPS) is 18.9. The molecule has 0 saturated heterocycles. The maximum Gasteiger partial charge on any atom is 0.325 e. The Bertz CT molecular complexity index is 1220. The maximum absolute atomic E-state index is 12.2. The van der Waals surface area contributed by atoms with Gasteiger partial charge in [0.15, 0.2) is 5.65 Å². The molecule has 1 aromatic carbocycles. The molecule has 1 aliphatic rings. The van der Waals surface area contributed by atoms with Gasteiger partial charge in [0, 0.05) is 24.2 Å². The van der Waals surface area contributed by atoms with E-state index in [4.69, 9.17) is 0 Å². The zero-order chi connectivity index (χ0) is 17.7. The van der Waals surface area contributed by atoms with Crippen molar-refractivity contribution in [2.75, 3.05) is 0 Å². The number of H-pyrrole nitrogens is 2. The van der Waals surface area contributed by atoms with E-state index in [1.807, 2.05) is 24.3 Å². The number of nitrogens with one attached hydrogen (secondary N) is 2. The Kier molecular flexibility index (Phi) is 3.15. The lowest BCUT2D eigenvalue weighted by molar-refractivity contribution is 0.906. The summed E-state index contributed by atoms with van der Waals surface area (Å²) in [5.74, 6) is 0.784. The molecule has 0 amide bonds. The Morgan fingerprint density at radius 1 is 1.12 bits per heavy atom. The molecule has 0 radical (unpaired) electrons. The van der Waals surface area contributed by atoms with Crippen molar-refractivity contribution in [3.63, 3.8) is 0 Å². The summed E-state index contributed by atoms with van der Waals surface area (Å²) in [7, 11) is 0. The van der Waals surface area contributed by atoms with Crippen LogP contribution in [0.15, 0.2) is 64.6 Å². The molecule has 5 rings (SSSR count). The predicted molar refractivity (Wildman–Crippen MR) is 96.2 cm³/mol. The first-order chi connectivity index (χ1) is 12.7. The topological polar surface area (TPSA) is 95.9 Å². The molecule has 0 bridgehead atoms. The van der Waals surface area contributed by atoms with Crippen LogP contribution in [0.5, 0.6) is 0 Å². The number of hydrogen-bond donors (Lipinski definition) is 2. The van der Waals surface area contributed by atoms with Crippen LogP contribution in [0, 0.1) is 0 Å². The summed E-state index contributed by atoms with van der Waals surface area (Å²) in [4.78, 5) is 32.6. The highest BCUT2D eigenvalue weighted by Crippen LogP contribution is 2.55. The van der Waals surface area contributed by atoms with Crippen molar-refractivity contribution in [1.82, 2.24) is 24.6 Å². The van der Waals surface area contributed by atoms with Gasteiger partial charge in [-0.3, -0.25) is 9.78 Å². The Balaban J connectivity index is 1.63. The molecule has 3 aromatic heterocycles. The van der Waals surface area contributed by atoms with Gasteiger partial charge in [-0.15, -0.1) is 0 Å². The molecule has 26 heavy (non-hydrogen) atoms. The summed E-state index contributed by atoms with van der Waals surface area (Å²) in [5.41, 5.74) is 3.04. The van der Waals surface area contributed by atoms with Gasteiger partial charge in [-0.1, -0.05) is 30.3 Å². The number of hydrogen-bond acceptors (Lipinski definition) is 4. The third kappa shape index (κ3) is 2.36. The molecule has 2 atom stereocenters. The van der Waals surface area contributed by atoms with Crippen LogP contribution in [0.4, 0.5) is 0 Å². The van der Waals surface area contributed by atoms with Gasteiger partial charge in [-0.2, -0.15) is 5.10 Å². The number of fused-ring (bicyclic) bond motifs is 1. The van der Waals surface area contributed by atoms with E-state index in [1.165, 1.54) is 11.8 Å². The summed E-state index contributed by atoms with van der Waals surface area (Å²) in [6.07, 6.45) is 5.91. The van der Waals surface area contributed by atoms with Crippen molar-refractivity contribution < 1.29 is 0 Å². The third-order valence-corrected chi connectivity index (χ3v) is 4.90. The molecule has 0 aliphatic heterocycles. The average Bonchev–Trinajstić information content (AvgIpc) is 3.30. The highest BCUT2D eigenvalue weighted by Gasteiger charge is 2.41. The van der Waals surface area contributed by atoms with E-state index in [2.05, 4.69) is 32.2 Å². The van der Waals surface area contributed by atoms with E-state index < -0.39 is 11.2 Å². The van der Waals surface area contributed by atoms with Crippen LogP contribution < -0.4 is 11.2 Å². The number of aromatic nitrogens is 5. The van der Waals surface area contributed by atoms with Gasteiger partial charge in [0.25, 0.3) is 5.56 Å². The minimum absolute atomic E-state index is 0.332. The molecule has 7 heteroatoms. The zero-order valence-corrected chi connectivity index (χ0v) is 13.7. The molecule has 3 heterocycles. The summed E-state index contributed by atoms with van der Waals surface area (Å²) < 4.78 is 1.69. The molecule has 2 N–H and O–H groups in total. The van der Waals surface area contributed by atoms with Gasteiger partial charge in [0.05, 0.1) is 11.3 Å². The van der Waals surface area contributed by atoms with Gasteiger partial charge in [0.2, 0.25) is 0 Å². The van der Waals surface area contributed by atoms with Crippen molar-refractivity contribution in [2.24, 2.45) is 0 Å². The van der Waals surface area contributed by atoms with E-state index in [-0.39, 0.29) is 0 Å². The van der Waals surface area contributed by atoms with Gasteiger partial charge >= 0.3 is 5.69 Å². The van der Waals surface area contributed by atoms with Crippen molar-refractivity contribution in [3.05, 3.63) is 87.0 Å². The average molecular weight is 345 g/mol. The summed E-state index contributed by atoms with van der Waals surface area (Å²) in [5, 5.41) is 4.48. The Hall–Kier alpha value is -3.48. The molecule has 1 aliphatic carbocycles. The van der Waals surface area contributed by atoms with E-state index in [0.29, 0.717) is 23.1 Å². The number of aromatic amines is 2. The van der Waals surface area contributed by atoms with Crippen molar-refractivity contribution in [1.29, 1.82) is 0 Å². The number of benzene rings is 1. The molecule has 1 fully saturated rings. The second kappa shape index (κ2) is 5.52. The lowest BCUT2D eigenvalue weighted by Crippen LogP contribution is -2.23. The number of nitrogens with zero attached hydrogens (tertiary/aromatic N) is 3. The van der Waals surface area contributed by atoms with Crippen LogP contribution in [-0.4, -0.2) is 24.6 Å². The molecule has 4 aromatic rings. The SMILES string of the molecule is O=c1[nH]cc(-c2cc([C@@H]3C[C@H]3c3ccccc3)c3nccn3n2)c(=O)[nH]1. The van der Waals surface area contributed by atoms with E-state index in [9.17, 15) is 9.59 Å². The third-order valence-electron chi connectivity index (χ3n) is 4.90. The van der Waals surface area contributed by atoms with Crippen molar-refractivity contribution >= 4 is 5.65 Å². The summed E-state index contributed by atoms with van der Waals surface area (Å²) in [6, 6.07) is 12.3. The molecular weight excluding hydrogens is 330 g/mol. The largest absolute Gasteiger partial charge is 0.325 e. The first kappa shape index (κ1) is 14.8. The Labute approximate surface area is 147 Å².